The van der Waals surface area contributed by atoms with Gasteiger partial charge in [0.25, 0.3) is 0 Å². The predicted molar refractivity (Wildman–Crippen MR) is 54.0 cm³/mol. The van der Waals surface area contributed by atoms with Gasteiger partial charge in [0.2, 0.25) is 5.91 Å². The van der Waals surface area contributed by atoms with Gasteiger partial charge >= 0.3 is 0 Å². The summed E-state index contributed by atoms with van der Waals surface area (Å²) in [6, 6.07) is 0. The molecule has 12 heavy (non-hydrogen) atoms. The molecule has 0 fully saturated rings. The van der Waals surface area contributed by atoms with Crippen molar-refractivity contribution in [2.75, 3.05) is 6.54 Å². The van der Waals surface area contributed by atoms with Gasteiger partial charge in [-0.25, -0.2) is 0 Å². The molecule has 0 aromatic carbocycles. The molecule has 1 atom stereocenters. The molecule has 0 aliphatic carbocycles. The maximum absolute atomic E-state index is 11.0. The topological polar surface area (TPSA) is 55.1 Å². The van der Waals surface area contributed by atoms with Crippen molar-refractivity contribution in [3.05, 3.63) is 11.1 Å². The maximum Gasteiger partial charge on any atom is 0.237 e. The maximum atomic E-state index is 11.0. The van der Waals surface area contributed by atoms with Crippen LogP contribution in [0.25, 0.3) is 0 Å². The number of carbonyl (C=O) groups is 1. The Morgan fingerprint density at radius 2 is 2.25 bits per heavy atom. The van der Waals surface area contributed by atoms with Crippen molar-refractivity contribution in [2.24, 2.45) is 5.73 Å². The summed E-state index contributed by atoms with van der Waals surface area (Å²) in [5.74, 6) is -0.334. The number of nitrogens with two attached hydrogens (primary N) is 1. The van der Waals surface area contributed by atoms with E-state index in [1.165, 1.54) is 0 Å². The monoisotopic (exact) mass is 234 g/mol. The first-order valence-corrected chi connectivity index (χ1v) is 4.60. The minimum Gasteiger partial charge on any atom is -0.368 e. The van der Waals surface area contributed by atoms with E-state index >= 15 is 0 Å². The van der Waals surface area contributed by atoms with Crippen LogP contribution in [-0.2, 0) is 4.79 Å². The molecule has 0 rings (SSSR count). The average Bonchev–Trinajstić information content (AvgIpc) is 1.99. The van der Waals surface area contributed by atoms with Crippen molar-refractivity contribution < 1.29 is 4.79 Å². The summed E-state index contributed by atoms with van der Waals surface area (Å²) < 4.78 is 0.809. The van der Waals surface area contributed by atoms with Crippen molar-refractivity contribution in [1.29, 1.82) is 0 Å². The van der Waals surface area contributed by atoms with Crippen LogP contribution in [0.1, 0.15) is 20.3 Å². The smallest absolute Gasteiger partial charge is 0.237 e. The highest BCUT2D eigenvalue weighted by molar-refractivity contribution is 9.11. The second-order valence-electron chi connectivity index (χ2n) is 2.92. The van der Waals surface area contributed by atoms with Gasteiger partial charge in [-0.15, -0.1) is 0 Å². The Hall–Kier alpha value is -0.350. The number of nitrogens with one attached hydrogen (secondary N) is 1. The molecule has 0 unspecified atom stereocenters. The molecule has 4 heteroatoms. The van der Waals surface area contributed by atoms with Crippen LogP contribution in [0.5, 0.6) is 0 Å². The van der Waals surface area contributed by atoms with Crippen LogP contribution in [0, 0.1) is 0 Å². The van der Waals surface area contributed by atoms with E-state index in [1.54, 1.807) is 6.92 Å². The van der Waals surface area contributed by atoms with Crippen LogP contribution in [-0.4, -0.2) is 18.0 Å². The SMILES string of the molecule is C=C(Br)CN[C@@](C)(CC)C(N)=O. The Balaban J connectivity index is 4.15. The Morgan fingerprint density at radius 1 is 1.75 bits per heavy atom. The number of primary amides is 1. The van der Waals surface area contributed by atoms with Crippen molar-refractivity contribution in [2.45, 2.75) is 25.8 Å². The van der Waals surface area contributed by atoms with Crippen LogP contribution in [0.4, 0.5) is 0 Å². The molecule has 0 aliphatic rings. The van der Waals surface area contributed by atoms with Crippen LogP contribution in [0.2, 0.25) is 0 Å². The lowest BCUT2D eigenvalue weighted by Crippen LogP contribution is -2.52. The Labute approximate surface area is 81.5 Å². The number of rotatable bonds is 5. The molecule has 1 amide bonds. The van der Waals surface area contributed by atoms with Crippen LogP contribution in [0.3, 0.4) is 0 Å². The molecule has 0 saturated heterocycles. The molecule has 0 aromatic heterocycles. The summed E-state index contributed by atoms with van der Waals surface area (Å²) >= 11 is 3.20. The summed E-state index contributed by atoms with van der Waals surface area (Å²) in [6.07, 6.45) is 0.669. The second kappa shape index (κ2) is 4.62. The highest BCUT2D eigenvalue weighted by atomic mass is 79.9. The zero-order valence-corrected chi connectivity index (χ0v) is 9.07. The number of halogens is 1. The Kier molecular flexibility index (Phi) is 4.49. The van der Waals surface area contributed by atoms with Gasteiger partial charge < -0.3 is 5.73 Å². The number of amides is 1. The van der Waals surface area contributed by atoms with Crippen molar-refractivity contribution in [3.8, 4) is 0 Å². The molecule has 0 spiro atoms. The number of carbonyl (C=O) groups excluding carboxylic acids is 1. The first-order chi connectivity index (χ1) is 5.42. The van der Waals surface area contributed by atoms with Crippen LogP contribution < -0.4 is 11.1 Å². The number of hydrogen-bond donors (Lipinski definition) is 2. The quantitative estimate of drug-likeness (QED) is 0.750. The summed E-state index contributed by atoms with van der Waals surface area (Å²) in [5.41, 5.74) is 4.59. The minimum absolute atomic E-state index is 0.334. The molecule has 0 bridgehead atoms. The van der Waals surface area contributed by atoms with Crippen molar-refractivity contribution in [1.82, 2.24) is 5.32 Å². The first-order valence-electron chi connectivity index (χ1n) is 3.80. The molecule has 0 saturated carbocycles. The molecule has 0 aliphatic heterocycles. The summed E-state index contributed by atoms with van der Waals surface area (Å²) in [6.45, 7) is 7.90. The van der Waals surface area contributed by atoms with E-state index in [9.17, 15) is 4.79 Å². The summed E-state index contributed by atoms with van der Waals surface area (Å²) in [5, 5.41) is 3.02. The predicted octanol–water partition coefficient (Wildman–Crippen LogP) is 1.14. The van der Waals surface area contributed by atoms with Gasteiger partial charge in [0, 0.05) is 11.0 Å². The fourth-order valence-electron chi connectivity index (χ4n) is 0.677. The second-order valence-corrected chi connectivity index (χ2v) is 4.04. The fourth-order valence-corrected chi connectivity index (χ4v) is 0.818. The average molecular weight is 235 g/mol. The van der Waals surface area contributed by atoms with Gasteiger partial charge in [0.1, 0.15) is 0 Å². The van der Waals surface area contributed by atoms with E-state index in [4.69, 9.17) is 5.73 Å². The van der Waals surface area contributed by atoms with E-state index in [0.29, 0.717) is 13.0 Å². The highest BCUT2D eigenvalue weighted by Gasteiger charge is 2.27. The summed E-state index contributed by atoms with van der Waals surface area (Å²) in [7, 11) is 0. The van der Waals surface area contributed by atoms with Gasteiger partial charge in [0.05, 0.1) is 5.54 Å². The Bertz CT molecular complexity index is 193. The number of hydrogen-bond acceptors (Lipinski definition) is 2. The van der Waals surface area contributed by atoms with E-state index in [1.807, 2.05) is 6.92 Å². The first kappa shape index (κ1) is 11.6. The van der Waals surface area contributed by atoms with E-state index in [2.05, 4.69) is 27.8 Å². The molecule has 70 valence electrons. The summed E-state index contributed by atoms with van der Waals surface area (Å²) in [4.78, 5) is 11.0. The molecular weight excluding hydrogens is 220 g/mol. The van der Waals surface area contributed by atoms with Crippen molar-refractivity contribution >= 4 is 21.8 Å². The zero-order valence-electron chi connectivity index (χ0n) is 7.48. The molecular formula is C8H15BrN2O. The lowest BCUT2D eigenvalue weighted by molar-refractivity contribution is -0.123. The highest BCUT2D eigenvalue weighted by Crippen LogP contribution is 2.09. The normalized spacial score (nSPS) is 15.2. The fraction of sp³-hybridized carbons (Fsp3) is 0.625. The van der Waals surface area contributed by atoms with Gasteiger partial charge in [0.15, 0.2) is 0 Å². The third-order valence-corrected chi connectivity index (χ3v) is 2.20. The third-order valence-electron chi connectivity index (χ3n) is 1.92. The van der Waals surface area contributed by atoms with E-state index in [0.717, 1.165) is 4.48 Å². The van der Waals surface area contributed by atoms with Gasteiger partial charge in [-0.2, -0.15) is 0 Å². The molecule has 0 radical (unpaired) electrons. The lowest BCUT2D eigenvalue weighted by Gasteiger charge is -2.25. The van der Waals surface area contributed by atoms with E-state index in [-0.39, 0.29) is 5.91 Å². The Morgan fingerprint density at radius 3 is 2.50 bits per heavy atom. The molecule has 3 N–H and O–H groups in total. The van der Waals surface area contributed by atoms with E-state index < -0.39 is 5.54 Å². The zero-order chi connectivity index (χ0) is 9.78. The van der Waals surface area contributed by atoms with Gasteiger partial charge in [-0.3, -0.25) is 10.1 Å². The van der Waals surface area contributed by atoms with Crippen LogP contribution in [0.15, 0.2) is 11.1 Å². The molecule has 0 heterocycles. The van der Waals surface area contributed by atoms with Crippen LogP contribution >= 0.6 is 15.9 Å². The molecule has 3 nitrogen and oxygen atoms in total. The minimum atomic E-state index is -0.628. The van der Waals surface area contributed by atoms with Crippen molar-refractivity contribution in [3.63, 3.8) is 0 Å². The standard InChI is InChI=1S/C8H15BrN2O/c1-4-8(3,7(10)12)11-5-6(2)9/h11H,2,4-5H2,1,3H3,(H2,10,12)/t8-/m0/s1. The lowest BCUT2D eigenvalue weighted by atomic mass is 9.98. The van der Waals surface area contributed by atoms with Gasteiger partial charge in [-0.05, 0) is 13.3 Å². The van der Waals surface area contributed by atoms with Gasteiger partial charge in [-0.1, -0.05) is 29.4 Å². The third kappa shape index (κ3) is 3.36. The largest absolute Gasteiger partial charge is 0.368 e. The molecule has 0 aromatic rings.